The second-order valence-corrected chi connectivity index (χ2v) is 8.75. The van der Waals surface area contributed by atoms with E-state index in [9.17, 15) is 13.2 Å². The first-order valence-corrected chi connectivity index (χ1v) is 10.9. The molecule has 0 heterocycles. The molecule has 0 bridgehead atoms. The zero-order valence-electron chi connectivity index (χ0n) is 17.5. The summed E-state index contributed by atoms with van der Waals surface area (Å²) in [6.45, 7) is 1.95. The highest BCUT2D eigenvalue weighted by Crippen LogP contribution is 2.25. The van der Waals surface area contributed by atoms with Crippen molar-refractivity contribution < 1.29 is 22.7 Å². The Morgan fingerprint density at radius 2 is 1.65 bits per heavy atom. The Morgan fingerprint density at radius 3 is 2.29 bits per heavy atom. The number of ether oxygens (including phenoxy) is 2. The van der Waals surface area contributed by atoms with Gasteiger partial charge in [-0.1, -0.05) is 29.8 Å². The van der Waals surface area contributed by atoms with Crippen LogP contribution >= 0.6 is 0 Å². The van der Waals surface area contributed by atoms with Gasteiger partial charge in [-0.2, -0.15) is 0 Å². The van der Waals surface area contributed by atoms with Crippen molar-refractivity contribution in [3.8, 4) is 11.5 Å². The van der Waals surface area contributed by atoms with E-state index >= 15 is 0 Å². The van der Waals surface area contributed by atoms with Crippen LogP contribution in [0.3, 0.4) is 0 Å². The molecule has 0 saturated heterocycles. The first kappa shape index (κ1) is 22.1. The normalized spacial score (nSPS) is 11.3. The lowest BCUT2D eigenvalue weighted by molar-refractivity contribution is -0.128. The number of methoxy groups -OCH3 is 1. The molecule has 3 aromatic rings. The van der Waals surface area contributed by atoms with Crippen molar-refractivity contribution in [3.05, 3.63) is 90.0 Å². The van der Waals surface area contributed by atoms with Crippen molar-refractivity contribution >= 4 is 27.8 Å². The maximum Gasteiger partial charge on any atom is 0.336 e. The fraction of sp³-hybridized carbons (Fsp3) is 0.125. The van der Waals surface area contributed by atoms with E-state index in [4.69, 9.17) is 9.47 Å². The summed E-state index contributed by atoms with van der Waals surface area (Å²) in [5, 5.41) is 0. The third-order valence-electron chi connectivity index (χ3n) is 4.60. The lowest BCUT2D eigenvalue weighted by Crippen LogP contribution is -2.26. The lowest BCUT2D eigenvalue weighted by Gasteiger charge is -2.19. The van der Waals surface area contributed by atoms with Crippen LogP contribution in [0.25, 0.3) is 6.08 Å². The lowest BCUT2D eigenvalue weighted by atomic mass is 10.1. The third kappa shape index (κ3) is 5.32. The molecule has 0 unspecified atom stereocenters. The van der Waals surface area contributed by atoms with Crippen LogP contribution in [0.2, 0.25) is 0 Å². The molecule has 0 aliphatic rings. The van der Waals surface area contributed by atoms with E-state index in [1.807, 2.05) is 25.1 Å². The number of esters is 1. The van der Waals surface area contributed by atoms with Gasteiger partial charge >= 0.3 is 5.97 Å². The molecule has 0 radical (unpaired) electrons. The van der Waals surface area contributed by atoms with E-state index in [2.05, 4.69) is 0 Å². The Hall–Kier alpha value is -3.58. The van der Waals surface area contributed by atoms with Crippen molar-refractivity contribution in [2.45, 2.75) is 11.8 Å². The zero-order chi connectivity index (χ0) is 22.4. The van der Waals surface area contributed by atoms with E-state index in [0.717, 1.165) is 11.1 Å². The van der Waals surface area contributed by atoms with E-state index in [1.54, 1.807) is 55.7 Å². The van der Waals surface area contributed by atoms with Crippen molar-refractivity contribution in [2.24, 2.45) is 0 Å². The van der Waals surface area contributed by atoms with Crippen LogP contribution in [0.5, 0.6) is 11.5 Å². The summed E-state index contributed by atoms with van der Waals surface area (Å²) in [7, 11) is -0.635. The molecular formula is C24H23NO5S. The zero-order valence-corrected chi connectivity index (χ0v) is 18.3. The van der Waals surface area contributed by atoms with Crippen molar-refractivity contribution in [3.63, 3.8) is 0 Å². The number of hydrogen-bond acceptors (Lipinski definition) is 5. The molecule has 0 N–H and O–H groups in total. The summed E-state index contributed by atoms with van der Waals surface area (Å²) in [5.74, 6) is 0.406. The van der Waals surface area contributed by atoms with Gasteiger partial charge in [0, 0.05) is 18.7 Å². The minimum Gasteiger partial charge on any atom is -0.496 e. The van der Waals surface area contributed by atoms with E-state index < -0.39 is 16.0 Å². The molecule has 0 spiro atoms. The summed E-state index contributed by atoms with van der Waals surface area (Å²) in [6.07, 6.45) is 2.94. The number of carbonyl (C=O) groups is 1. The molecule has 0 saturated carbocycles. The molecule has 7 heteroatoms. The quantitative estimate of drug-likeness (QED) is 0.310. The molecule has 0 fully saturated rings. The van der Waals surface area contributed by atoms with Crippen LogP contribution in [-0.4, -0.2) is 28.5 Å². The topological polar surface area (TPSA) is 72.9 Å². The molecule has 6 nitrogen and oxygen atoms in total. The number of aryl methyl sites for hydroxylation is 1. The van der Waals surface area contributed by atoms with Gasteiger partial charge in [0.25, 0.3) is 10.0 Å². The average molecular weight is 438 g/mol. The Kier molecular flexibility index (Phi) is 6.77. The second-order valence-electron chi connectivity index (χ2n) is 6.78. The van der Waals surface area contributed by atoms with E-state index in [-0.39, 0.29) is 4.90 Å². The number of nitrogens with zero attached hydrogens (tertiary/aromatic N) is 1. The standard InChI is InChI=1S/C24H23NO5S/c1-18-9-15-23(29-3)19(17-18)10-16-24(26)30-21-13-11-20(12-14-21)25(2)31(27,28)22-7-5-4-6-8-22/h4-17H,1-3H3/b16-10+. The van der Waals surface area contributed by atoms with Gasteiger partial charge in [0.2, 0.25) is 0 Å². The van der Waals surface area contributed by atoms with Crippen LogP contribution in [0.15, 0.2) is 83.8 Å². The predicted molar refractivity (Wildman–Crippen MR) is 121 cm³/mol. The maximum atomic E-state index is 12.7. The highest BCUT2D eigenvalue weighted by Gasteiger charge is 2.20. The van der Waals surface area contributed by atoms with Gasteiger partial charge in [0.05, 0.1) is 17.7 Å². The van der Waals surface area contributed by atoms with Crippen molar-refractivity contribution in [2.75, 3.05) is 18.5 Å². The molecule has 3 aromatic carbocycles. The van der Waals surface area contributed by atoms with Crippen LogP contribution in [-0.2, 0) is 14.8 Å². The fourth-order valence-electron chi connectivity index (χ4n) is 2.91. The Balaban J connectivity index is 1.69. The third-order valence-corrected chi connectivity index (χ3v) is 6.40. The molecule has 3 rings (SSSR count). The fourth-order valence-corrected chi connectivity index (χ4v) is 4.12. The summed E-state index contributed by atoms with van der Waals surface area (Å²) in [5.41, 5.74) is 2.25. The van der Waals surface area contributed by atoms with Gasteiger partial charge in [-0.3, -0.25) is 4.31 Å². The van der Waals surface area contributed by atoms with Crippen molar-refractivity contribution in [1.29, 1.82) is 0 Å². The Morgan fingerprint density at radius 1 is 0.968 bits per heavy atom. The van der Waals surface area contributed by atoms with Crippen LogP contribution < -0.4 is 13.8 Å². The molecule has 0 amide bonds. The first-order chi connectivity index (χ1) is 14.8. The van der Waals surface area contributed by atoms with Gasteiger partial charge in [0.15, 0.2) is 0 Å². The van der Waals surface area contributed by atoms with Gasteiger partial charge in [-0.25, -0.2) is 13.2 Å². The summed E-state index contributed by atoms with van der Waals surface area (Å²) in [4.78, 5) is 12.4. The van der Waals surface area contributed by atoms with Crippen LogP contribution in [0.1, 0.15) is 11.1 Å². The smallest absolute Gasteiger partial charge is 0.336 e. The number of anilines is 1. The van der Waals surface area contributed by atoms with Crippen LogP contribution in [0.4, 0.5) is 5.69 Å². The number of hydrogen-bond donors (Lipinski definition) is 0. The molecular weight excluding hydrogens is 414 g/mol. The largest absolute Gasteiger partial charge is 0.496 e. The number of sulfonamides is 1. The number of benzene rings is 3. The van der Waals surface area contributed by atoms with Gasteiger partial charge in [0.1, 0.15) is 11.5 Å². The first-order valence-electron chi connectivity index (χ1n) is 9.50. The van der Waals surface area contributed by atoms with Crippen molar-refractivity contribution in [1.82, 2.24) is 0 Å². The number of carbonyl (C=O) groups excluding carboxylic acids is 1. The highest BCUT2D eigenvalue weighted by molar-refractivity contribution is 7.92. The molecule has 0 atom stereocenters. The monoisotopic (exact) mass is 437 g/mol. The summed E-state index contributed by atoms with van der Waals surface area (Å²) >= 11 is 0. The minimum atomic E-state index is -3.67. The Labute approximate surface area is 182 Å². The molecule has 160 valence electrons. The minimum absolute atomic E-state index is 0.199. The SMILES string of the molecule is COc1ccc(C)cc1/C=C/C(=O)Oc1ccc(N(C)S(=O)(=O)c2ccccc2)cc1. The highest BCUT2D eigenvalue weighted by atomic mass is 32.2. The summed E-state index contributed by atoms with van der Waals surface area (Å²) in [6, 6.07) is 20.1. The molecule has 0 aromatic heterocycles. The Bertz CT molecular complexity index is 1190. The van der Waals surface area contributed by atoms with Gasteiger partial charge in [-0.15, -0.1) is 0 Å². The van der Waals surface area contributed by atoms with Gasteiger partial charge in [-0.05, 0) is 61.5 Å². The molecule has 0 aliphatic carbocycles. The predicted octanol–water partition coefficient (Wildman–Crippen LogP) is 4.45. The molecule has 0 aliphatic heterocycles. The summed E-state index contributed by atoms with van der Waals surface area (Å²) < 4.78 is 37.2. The second kappa shape index (κ2) is 9.49. The number of rotatable bonds is 7. The maximum absolute atomic E-state index is 12.7. The van der Waals surface area contributed by atoms with Gasteiger partial charge < -0.3 is 9.47 Å². The average Bonchev–Trinajstić information content (AvgIpc) is 2.78. The van der Waals surface area contributed by atoms with E-state index in [0.29, 0.717) is 17.2 Å². The molecule has 31 heavy (non-hydrogen) atoms. The van der Waals surface area contributed by atoms with Crippen LogP contribution in [0, 0.1) is 6.92 Å². The van der Waals surface area contributed by atoms with E-state index in [1.165, 1.54) is 29.6 Å².